The van der Waals surface area contributed by atoms with E-state index in [9.17, 15) is 0 Å². The Hall–Kier alpha value is -1.18. The minimum atomic E-state index is 0.362. The third-order valence-electron chi connectivity index (χ3n) is 4.40. The number of guanidine groups is 1. The first kappa shape index (κ1) is 21.1. The average molecular weight is 383 g/mol. The van der Waals surface area contributed by atoms with E-state index < -0.39 is 0 Å². The van der Waals surface area contributed by atoms with Gasteiger partial charge >= 0.3 is 0 Å². The van der Waals surface area contributed by atoms with Gasteiger partial charge < -0.3 is 19.7 Å². The number of ether oxygens (including phenoxy) is 2. The van der Waals surface area contributed by atoms with E-state index in [-0.39, 0.29) is 0 Å². The van der Waals surface area contributed by atoms with E-state index in [1.54, 1.807) is 18.4 Å². The molecule has 1 aliphatic heterocycles. The van der Waals surface area contributed by atoms with Crippen LogP contribution in [0.25, 0.3) is 0 Å². The van der Waals surface area contributed by atoms with Crippen molar-refractivity contribution in [1.29, 1.82) is 0 Å². The summed E-state index contributed by atoms with van der Waals surface area (Å²) in [6.45, 7) is 8.77. The topological polar surface area (TPSA) is 59.0 Å². The molecule has 1 fully saturated rings. The van der Waals surface area contributed by atoms with Crippen molar-refractivity contribution < 1.29 is 9.47 Å². The maximum absolute atomic E-state index is 5.94. The van der Waals surface area contributed by atoms with E-state index in [1.165, 1.54) is 9.88 Å². The van der Waals surface area contributed by atoms with Gasteiger partial charge in [0.25, 0.3) is 0 Å². The van der Waals surface area contributed by atoms with Crippen LogP contribution in [0.1, 0.15) is 43.0 Å². The van der Waals surface area contributed by atoms with Gasteiger partial charge in [0.15, 0.2) is 5.96 Å². The molecule has 1 aromatic heterocycles. The number of hydrogen-bond donors (Lipinski definition) is 1. The molecule has 0 radical (unpaired) electrons. The highest BCUT2D eigenvalue weighted by atomic mass is 32.1. The van der Waals surface area contributed by atoms with Crippen LogP contribution in [-0.4, -0.2) is 62.4 Å². The Morgan fingerprint density at radius 3 is 2.81 bits per heavy atom. The quantitative estimate of drug-likeness (QED) is 0.404. The van der Waals surface area contributed by atoms with Crippen LogP contribution in [0.3, 0.4) is 0 Å². The number of hydrogen-bond acceptors (Lipinski definition) is 5. The zero-order valence-electron chi connectivity index (χ0n) is 16.7. The third kappa shape index (κ3) is 7.21. The summed E-state index contributed by atoms with van der Waals surface area (Å²) < 4.78 is 11.0. The van der Waals surface area contributed by atoms with Crippen LogP contribution in [0.15, 0.2) is 11.2 Å². The fraction of sp³-hybridized carbons (Fsp3) is 0.789. The molecule has 1 aliphatic rings. The van der Waals surface area contributed by atoms with Crippen LogP contribution in [0.2, 0.25) is 0 Å². The number of methoxy groups -OCH3 is 1. The molecule has 0 atom stereocenters. The molecule has 0 spiro atoms. The van der Waals surface area contributed by atoms with Crippen LogP contribution in [0.5, 0.6) is 0 Å². The lowest BCUT2D eigenvalue weighted by Crippen LogP contribution is -2.46. The largest absolute Gasteiger partial charge is 0.385 e. The lowest BCUT2D eigenvalue weighted by Gasteiger charge is -2.34. The van der Waals surface area contributed by atoms with Crippen molar-refractivity contribution in [1.82, 2.24) is 15.2 Å². The van der Waals surface area contributed by atoms with Gasteiger partial charge in [-0.25, -0.2) is 4.98 Å². The van der Waals surface area contributed by atoms with Gasteiger partial charge in [-0.05, 0) is 25.2 Å². The Bertz CT molecular complexity index is 539. The summed E-state index contributed by atoms with van der Waals surface area (Å²) in [5, 5.41) is 4.71. The number of rotatable bonds is 9. The number of aliphatic imine (C=N–C) groups is 1. The molecule has 7 heteroatoms. The molecule has 0 unspecified atom stereocenters. The highest BCUT2D eigenvalue weighted by Gasteiger charge is 2.21. The van der Waals surface area contributed by atoms with Crippen molar-refractivity contribution in [2.45, 2.75) is 52.2 Å². The van der Waals surface area contributed by atoms with E-state index in [2.05, 4.69) is 34.0 Å². The van der Waals surface area contributed by atoms with Crippen molar-refractivity contribution >= 4 is 17.3 Å². The highest BCUT2D eigenvalue weighted by Crippen LogP contribution is 2.17. The van der Waals surface area contributed by atoms with Crippen LogP contribution in [-0.2, 0) is 22.4 Å². The van der Waals surface area contributed by atoms with Gasteiger partial charge in [-0.15, -0.1) is 11.3 Å². The van der Waals surface area contributed by atoms with Gasteiger partial charge in [0.2, 0.25) is 0 Å². The lowest BCUT2D eigenvalue weighted by atomic mass is 10.1. The monoisotopic (exact) mass is 382 g/mol. The number of nitrogens with zero attached hydrogens (tertiary/aromatic N) is 3. The van der Waals surface area contributed by atoms with E-state index in [1.807, 2.05) is 13.2 Å². The molecule has 26 heavy (non-hydrogen) atoms. The first-order valence-electron chi connectivity index (χ1n) is 9.62. The van der Waals surface area contributed by atoms with E-state index in [0.29, 0.717) is 12.0 Å². The van der Waals surface area contributed by atoms with Crippen LogP contribution in [0.4, 0.5) is 0 Å². The van der Waals surface area contributed by atoms with E-state index in [0.717, 1.165) is 64.5 Å². The fourth-order valence-corrected chi connectivity index (χ4v) is 4.13. The summed E-state index contributed by atoms with van der Waals surface area (Å²) in [5.41, 5.74) is 0. The van der Waals surface area contributed by atoms with Gasteiger partial charge in [-0.1, -0.05) is 13.8 Å². The lowest BCUT2D eigenvalue weighted by molar-refractivity contribution is 0.00990. The zero-order chi connectivity index (χ0) is 18.8. The number of aromatic nitrogens is 1. The molecule has 0 amide bonds. The Morgan fingerprint density at radius 1 is 1.38 bits per heavy atom. The molecule has 6 nitrogen and oxygen atoms in total. The van der Waals surface area contributed by atoms with Crippen molar-refractivity contribution in [2.24, 2.45) is 10.9 Å². The van der Waals surface area contributed by atoms with E-state index >= 15 is 0 Å². The average Bonchev–Trinajstić information content (AvgIpc) is 3.07. The standard InChI is InChI=1S/C19H34N4O2S/c1-15(2)12-18-21-13-17(26-18)14-22-19(20-3)23-8-6-16(7-9-23)25-11-5-10-24-4/h13,15-16H,5-12,14H2,1-4H3,(H,20,22). The molecule has 1 saturated heterocycles. The molecule has 148 valence electrons. The van der Waals surface area contributed by atoms with Crippen LogP contribution >= 0.6 is 11.3 Å². The predicted octanol–water partition coefficient (Wildman–Crippen LogP) is 2.93. The smallest absolute Gasteiger partial charge is 0.193 e. The van der Waals surface area contributed by atoms with Gasteiger partial charge in [-0.3, -0.25) is 4.99 Å². The van der Waals surface area contributed by atoms with Gasteiger partial charge in [0, 0.05) is 58.0 Å². The molecular formula is C19H34N4O2S. The number of likely N-dealkylation sites (tertiary alicyclic amines) is 1. The Balaban J connectivity index is 1.71. The van der Waals surface area contributed by atoms with Crippen LogP contribution < -0.4 is 5.32 Å². The second-order valence-corrected chi connectivity index (χ2v) is 8.32. The van der Waals surface area contributed by atoms with Crippen molar-refractivity contribution in [2.75, 3.05) is 40.5 Å². The van der Waals surface area contributed by atoms with Crippen molar-refractivity contribution in [3.63, 3.8) is 0 Å². The first-order valence-corrected chi connectivity index (χ1v) is 10.4. The maximum atomic E-state index is 5.94. The SMILES string of the molecule is CN=C(NCc1cnc(CC(C)C)s1)N1CCC(OCCCOC)CC1. The molecule has 2 rings (SSSR count). The van der Waals surface area contributed by atoms with Crippen molar-refractivity contribution in [3.05, 3.63) is 16.1 Å². The van der Waals surface area contributed by atoms with Crippen LogP contribution in [0, 0.1) is 5.92 Å². The Labute approximate surface area is 162 Å². The molecular weight excluding hydrogens is 348 g/mol. The molecule has 0 bridgehead atoms. The summed E-state index contributed by atoms with van der Waals surface area (Å²) in [7, 11) is 3.58. The Kier molecular flexibility index (Phi) is 9.36. The summed E-state index contributed by atoms with van der Waals surface area (Å²) in [6.07, 6.45) is 6.47. The molecule has 0 saturated carbocycles. The van der Waals surface area contributed by atoms with Gasteiger partial charge in [0.1, 0.15) is 0 Å². The normalized spacial score (nSPS) is 16.5. The first-order chi connectivity index (χ1) is 12.6. The number of piperidine rings is 1. The summed E-state index contributed by atoms with van der Waals surface area (Å²) in [5.74, 6) is 1.62. The second kappa shape index (κ2) is 11.5. The molecule has 2 heterocycles. The molecule has 0 aliphatic carbocycles. The predicted molar refractivity (Wildman–Crippen MR) is 108 cm³/mol. The summed E-state index contributed by atoms with van der Waals surface area (Å²) >= 11 is 1.80. The van der Waals surface area contributed by atoms with E-state index in [4.69, 9.17) is 9.47 Å². The minimum absolute atomic E-state index is 0.362. The fourth-order valence-electron chi connectivity index (χ4n) is 3.06. The number of thiazole rings is 1. The van der Waals surface area contributed by atoms with Gasteiger partial charge in [-0.2, -0.15) is 0 Å². The maximum Gasteiger partial charge on any atom is 0.193 e. The summed E-state index contributed by atoms with van der Waals surface area (Å²) in [4.78, 5) is 12.6. The number of nitrogens with one attached hydrogen (secondary N) is 1. The van der Waals surface area contributed by atoms with Crippen molar-refractivity contribution in [3.8, 4) is 0 Å². The highest BCUT2D eigenvalue weighted by molar-refractivity contribution is 7.11. The summed E-state index contributed by atoms with van der Waals surface area (Å²) in [6, 6.07) is 0. The van der Waals surface area contributed by atoms with Gasteiger partial charge in [0.05, 0.1) is 17.7 Å². The minimum Gasteiger partial charge on any atom is -0.385 e. The molecule has 0 aromatic carbocycles. The zero-order valence-corrected chi connectivity index (χ0v) is 17.5. The second-order valence-electron chi connectivity index (χ2n) is 7.12. The molecule has 1 N–H and O–H groups in total. The Morgan fingerprint density at radius 2 is 2.15 bits per heavy atom. The molecule has 1 aromatic rings. The third-order valence-corrected chi connectivity index (χ3v) is 5.42.